The van der Waals surface area contributed by atoms with Crippen molar-refractivity contribution in [2.24, 2.45) is 7.05 Å². The molecule has 26 heavy (non-hydrogen) atoms. The lowest BCUT2D eigenvalue weighted by Gasteiger charge is -2.33. The summed E-state index contributed by atoms with van der Waals surface area (Å²) in [4.78, 5) is 23.0. The number of anilines is 1. The number of hydrogen-bond donors (Lipinski definition) is 1. The summed E-state index contributed by atoms with van der Waals surface area (Å²) < 4.78 is 3.71. The maximum absolute atomic E-state index is 11.5. The molecule has 1 aliphatic rings. The van der Waals surface area contributed by atoms with Crippen molar-refractivity contribution in [1.82, 2.24) is 29.5 Å². The number of amides is 1. The van der Waals surface area contributed by atoms with Gasteiger partial charge in [-0.3, -0.25) is 13.9 Å². The summed E-state index contributed by atoms with van der Waals surface area (Å²) in [5, 5.41) is 7.10. The fourth-order valence-corrected chi connectivity index (χ4v) is 3.34. The van der Waals surface area contributed by atoms with Crippen molar-refractivity contribution in [3.05, 3.63) is 30.9 Å². The molecule has 132 valence electrons. The second-order valence-electron chi connectivity index (χ2n) is 6.40. The number of piperidine rings is 1. The van der Waals surface area contributed by atoms with E-state index in [0.29, 0.717) is 6.54 Å². The average Bonchev–Trinajstić information content (AvgIpc) is 3.29. The second-order valence-corrected chi connectivity index (χ2v) is 6.40. The van der Waals surface area contributed by atoms with Gasteiger partial charge in [0.05, 0.1) is 11.9 Å². The summed E-state index contributed by atoms with van der Waals surface area (Å²) in [6.45, 7) is 1.52. The highest BCUT2D eigenvalue weighted by atomic mass is 16.1. The smallest absolute Gasteiger partial charge is 0.295 e. The van der Waals surface area contributed by atoms with Gasteiger partial charge in [-0.15, -0.1) is 6.42 Å². The predicted octanol–water partition coefficient (Wildman–Crippen LogP) is 0.848. The zero-order valence-corrected chi connectivity index (χ0v) is 14.5. The van der Waals surface area contributed by atoms with E-state index < -0.39 is 0 Å². The first kappa shape index (κ1) is 16.1. The van der Waals surface area contributed by atoms with Gasteiger partial charge in [-0.1, -0.05) is 0 Å². The largest absolute Gasteiger partial charge is 0.341 e. The van der Waals surface area contributed by atoms with Gasteiger partial charge in [0.2, 0.25) is 5.95 Å². The zero-order chi connectivity index (χ0) is 18.1. The molecule has 1 N–H and O–H groups in total. The Labute approximate surface area is 150 Å². The first-order chi connectivity index (χ1) is 12.6. The van der Waals surface area contributed by atoms with E-state index in [2.05, 4.69) is 26.2 Å². The molecule has 1 saturated heterocycles. The van der Waals surface area contributed by atoms with E-state index in [1.807, 2.05) is 29.9 Å². The lowest BCUT2D eigenvalue weighted by molar-refractivity contribution is -0.116. The van der Waals surface area contributed by atoms with E-state index in [0.717, 1.165) is 42.2 Å². The minimum Gasteiger partial charge on any atom is -0.341 e. The van der Waals surface area contributed by atoms with Gasteiger partial charge in [0.25, 0.3) is 5.91 Å². The minimum absolute atomic E-state index is 0.00900. The van der Waals surface area contributed by atoms with Crippen molar-refractivity contribution in [3.63, 3.8) is 0 Å². The molecule has 1 amide bonds. The number of terminal acetylenes is 1. The van der Waals surface area contributed by atoms with Crippen LogP contribution in [0.1, 0.15) is 12.8 Å². The minimum atomic E-state index is -0.373. The molecule has 1 unspecified atom stereocenters. The summed E-state index contributed by atoms with van der Waals surface area (Å²) in [6.07, 6.45) is 14.4. The molecule has 1 fully saturated rings. The Morgan fingerprint density at radius 3 is 3.12 bits per heavy atom. The van der Waals surface area contributed by atoms with Crippen molar-refractivity contribution in [2.45, 2.75) is 18.9 Å². The van der Waals surface area contributed by atoms with Gasteiger partial charge in [0, 0.05) is 56.4 Å². The van der Waals surface area contributed by atoms with Crippen LogP contribution >= 0.6 is 0 Å². The van der Waals surface area contributed by atoms with Crippen LogP contribution < -0.4 is 10.2 Å². The molecule has 4 heterocycles. The molecular weight excluding hydrogens is 330 g/mol. The van der Waals surface area contributed by atoms with Crippen LogP contribution in [0, 0.1) is 12.3 Å². The zero-order valence-electron chi connectivity index (χ0n) is 14.5. The molecule has 1 atom stereocenters. The number of carbonyl (C=O) groups is 1. The van der Waals surface area contributed by atoms with Crippen LogP contribution in [-0.2, 0) is 11.8 Å². The highest BCUT2D eigenvalue weighted by molar-refractivity contribution is 5.93. The fraction of sp³-hybridized carbons (Fsp3) is 0.333. The third-order valence-corrected chi connectivity index (χ3v) is 4.54. The average molecular weight is 349 g/mol. The maximum atomic E-state index is 11.5. The maximum Gasteiger partial charge on any atom is 0.295 e. The molecule has 3 aromatic heterocycles. The third-order valence-electron chi connectivity index (χ3n) is 4.54. The number of hydrogen-bond acceptors (Lipinski definition) is 5. The van der Waals surface area contributed by atoms with Gasteiger partial charge in [0.15, 0.2) is 0 Å². The summed E-state index contributed by atoms with van der Waals surface area (Å²) in [5.41, 5.74) is 2.58. The van der Waals surface area contributed by atoms with Gasteiger partial charge in [-0.2, -0.15) is 5.10 Å². The number of nitrogens with one attached hydrogen (secondary N) is 1. The number of imidazole rings is 1. The molecular formula is C18H19N7O. The molecule has 0 radical (unpaired) electrons. The van der Waals surface area contributed by atoms with Crippen LogP contribution in [0.3, 0.4) is 0 Å². The predicted molar refractivity (Wildman–Crippen MR) is 97.4 cm³/mol. The topological polar surface area (TPSA) is 80.3 Å². The lowest BCUT2D eigenvalue weighted by Crippen LogP contribution is -2.48. The molecule has 4 rings (SSSR count). The van der Waals surface area contributed by atoms with E-state index in [1.165, 1.54) is 0 Å². The van der Waals surface area contributed by atoms with Crippen LogP contribution in [0.25, 0.3) is 16.9 Å². The Balaban J connectivity index is 1.70. The highest BCUT2D eigenvalue weighted by Gasteiger charge is 2.24. The molecule has 0 bridgehead atoms. The summed E-state index contributed by atoms with van der Waals surface area (Å²) in [6, 6.07) is 1.96. The summed E-state index contributed by atoms with van der Waals surface area (Å²) in [7, 11) is 1.88. The third kappa shape index (κ3) is 2.99. The molecule has 8 nitrogen and oxygen atoms in total. The van der Waals surface area contributed by atoms with E-state index in [-0.39, 0.29) is 11.9 Å². The quantitative estimate of drug-likeness (QED) is 0.709. The molecule has 8 heteroatoms. The fourth-order valence-electron chi connectivity index (χ4n) is 3.34. The molecule has 0 aliphatic carbocycles. The SMILES string of the molecule is C#CC(=O)NC1CCCN(c2nc(-c3cnn(C)c3)cc3nccn23)C1. The number of aromatic nitrogens is 5. The standard InChI is InChI=1S/C18H19N7O/c1-3-17(26)21-14-5-4-7-24(12-14)18-22-15(13-10-20-23(2)11-13)9-16-19-6-8-25(16)18/h1,6,8-11,14H,4-5,7,12H2,2H3,(H,21,26). The number of carbonyl (C=O) groups excluding carboxylic acids is 1. The lowest BCUT2D eigenvalue weighted by atomic mass is 10.1. The van der Waals surface area contributed by atoms with E-state index in [9.17, 15) is 4.79 Å². The van der Waals surface area contributed by atoms with Crippen LogP contribution in [0.4, 0.5) is 5.95 Å². The molecule has 1 aliphatic heterocycles. The van der Waals surface area contributed by atoms with E-state index in [4.69, 9.17) is 11.4 Å². The van der Waals surface area contributed by atoms with Gasteiger partial charge >= 0.3 is 0 Å². The van der Waals surface area contributed by atoms with Crippen molar-refractivity contribution >= 4 is 17.5 Å². The number of fused-ring (bicyclic) bond motifs is 1. The van der Waals surface area contributed by atoms with Crippen LogP contribution in [0.2, 0.25) is 0 Å². The Morgan fingerprint density at radius 1 is 1.46 bits per heavy atom. The van der Waals surface area contributed by atoms with E-state index in [1.54, 1.807) is 17.1 Å². The van der Waals surface area contributed by atoms with Gasteiger partial charge in [-0.25, -0.2) is 9.97 Å². The van der Waals surface area contributed by atoms with E-state index >= 15 is 0 Å². The second kappa shape index (κ2) is 6.52. The molecule has 0 saturated carbocycles. The Morgan fingerprint density at radius 2 is 2.35 bits per heavy atom. The Hall–Kier alpha value is -3.34. The number of nitrogens with zero attached hydrogens (tertiary/aromatic N) is 6. The van der Waals surface area contributed by atoms with Crippen molar-refractivity contribution in [3.8, 4) is 23.6 Å². The first-order valence-corrected chi connectivity index (χ1v) is 8.49. The summed E-state index contributed by atoms with van der Waals surface area (Å²) in [5.74, 6) is 2.55. The van der Waals surface area contributed by atoms with Crippen molar-refractivity contribution in [2.75, 3.05) is 18.0 Å². The first-order valence-electron chi connectivity index (χ1n) is 8.49. The Kier molecular flexibility index (Phi) is 4.05. The van der Waals surface area contributed by atoms with Crippen LogP contribution in [-0.4, -0.2) is 49.2 Å². The highest BCUT2D eigenvalue weighted by Crippen LogP contribution is 2.25. The number of aryl methyl sites for hydroxylation is 1. The van der Waals surface area contributed by atoms with Crippen molar-refractivity contribution < 1.29 is 4.79 Å². The molecule has 0 aromatic carbocycles. The van der Waals surface area contributed by atoms with Gasteiger partial charge in [0.1, 0.15) is 5.65 Å². The monoisotopic (exact) mass is 349 g/mol. The summed E-state index contributed by atoms with van der Waals surface area (Å²) >= 11 is 0. The molecule has 0 spiro atoms. The number of rotatable bonds is 3. The van der Waals surface area contributed by atoms with Crippen LogP contribution in [0.5, 0.6) is 0 Å². The van der Waals surface area contributed by atoms with Crippen molar-refractivity contribution in [1.29, 1.82) is 0 Å². The molecule has 3 aromatic rings. The Bertz CT molecular complexity index is 997. The normalized spacial score (nSPS) is 17.2. The van der Waals surface area contributed by atoms with Crippen LogP contribution in [0.15, 0.2) is 30.9 Å². The van der Waals surface area contributed by atoms with Gasteiger partial charge < -0.3 is 10.2 Å². The van der Waals surface area contributed by atoms with Gasteiger partial charge in [-0.05, 0) is 18.8 Å².